The summed E-state index contributed by atoms with van der Waals surface area (Å²) in [6.07, 6.45) is 56.6. The third kappa shape index (κ3) is 46.3. The predicted molar refractivity (Wildman–Crippen MR) is 252 cm³/mol. The minimum Gasteiger partial charge on any atom is -0.462 e. The molecule has 0 aromatic heterocycles. The van der Waals surface area contributed by atoms with Gasteiger partial charge in [0.05, 0.1) is 0 Å². The third-order valence-corrected chi connectivity index (χ3v) is 10.8. The normalized spacial score (nSPS) is 12.4. The highest BCUT2D eigenvalue weighted by Crippen LogP contribution is 2.14. The van der Waals surface area contributed by atoms with E-state index in [-0.39, 0.29) is 31.1 Å². The SMILES string of the molecule is CCCC/C=C\C=C/CCCCCC(=O)OCC(COC(=O)CCCCCCCCC/C=C\CCCCCC)OC(=O)CCCCCCCCC/C=C\CCCCCC. The Kier molecular flexibility index (Phi) is 45.9. The van der Waals surface area contributed by atoms with Crippen LogP contribution in [0.25, 0.3) is 0 Å². The van der Waals surface area contributed by atoms with Crippen molar-refractivity contribution in [3.8, 4) is 0 Å². The molecule has 0 fully saturated rings. The van der Waals surface area contributed by atoms with Gasteiger partial charge in [-0.2, -0.15) is 0 Å². The van der Waals surface area contributed by atoms with Gasteiger partial charge in [-0.05, 0) is 89.9 Å². The molecule has 0 saturated carbocycles. The molecule has 342 valence electrons. The van der Waals surface area contributed by atoms with Gasteiger partial charge in [-0.3, -0.25) is 14.4 Å². The second-order valence-electron chi connectivity index (χ2n) is 16.7. The van der Waals surface area contributed by atoms with Crippen molar-refractivity contribution in [2.45, 2.75) is 258 Å². The number of carbonyl (C=O) groups excluding carboxylic acids is 3. The molecule has 0 aliphatic rings. The van der Waals surface area contributed by atoms with Gasteiger partial charge in [0.15, 0.2) is 6.10 Å². The van der Waals surface area contributed by atoms with Gasteiger partial charge in [0, 0.05) is 19.3 Å². The lowest BCUT2D eigenvalue weighted by molar-refractivity contribution is -0.167. The fourth-order valence-electron chi connectivity index (χ4n) is 6.94. The molecule has 0 saturated heterocycles. The Morgan fingerprint density at radius 3 is 1.02 bits per heavy atom. The Morgan fingerprint density at radius 2 is 0.627 bits per heavy atom. The molecule has 0 spiro atoms. The lowest BCUT2D eigenvalue weighted by atomic mass is 10.1. The summed E-state index contributed by atoms with van der Waals surface area (Å²) in [5.41, 5.74) is 0. The Bertz CT molecular complexity index is 1040. The highest BCUT2D eigenvalue weighted by molar-refractivity contribution is 5.71. The Balaban J connectivity index is 4.39. The lowest BCUT2D eigenvalue weighted by Gasteiger charge is -2.18. The summed E-state index contributed by atoms with van der Waals surface area (Å²) in [4.78, 5) is 37.9. The third-order valence-electron chi connectivity index (χ3n) is 10.8. The standard InChI is InChI=1S/C53H94O6/c1-4-7-10-13-16-19-22-24-26-28-31-34-37-40-43-46-52(55)58-49-50(48-57-51(54)45-42-39-36-33-30-21-18-15-12-9-6-3)59-53(56)47-44-41-38-35-32-29-27-25-23-20-17-14-11-8-5-2/h15,18-23,30,50H,4-14,16-17,24-29,31-49H2,1-3H3/b18-15-,22-19-,23-20-,30-21-. The zero-order valence-corrected chi connectivity index (χ0v) is 39.0. The highest BCUT2D eigenvalue weighted by atomic mass is 16.6. The van der Waals surface area contributed by atoms with E-state index in [4.69, 9.17) is 14.2 Å². The van der Waals surface area contributed by atoms with Crippen LogP contribution in [0.5, 0.6) is 0 Å². The second-order valence-corrected chi connectivity index (χ2v) is 16.7. The van der Waals surface area contributed by atoms with Gasteiger partial charge in [0.1, 0.15) is 13.2 Å². The van der Waals surface area contributed by atoms with Crippen molar-refractivity contribution in [2.75, 3.05) is 13.2 Å². The summed E-state index contributed by atoms with van der Waals surface area (Å²) in [6, 6.07) is 0. The van der Waals surface area contributed by atoms with E-state index in [0.717, 1.165) is 70.6 Å². The lowest BCUT2D eigenvalue weighted by Crippen LogP contribution is -2.30. The van der Waals surface area contributed by atoms with Gasteiger partial charge >= 0.3 is 17.9 Å². The van der Waals surface area contributed by atoms with Crippen molar-refractivity contribution in [1.82, 2.24) is 0 Å². The van der Waals surface area contributed by atoms with Gasteiger partial charge in [0.2, 0.25) is 0 Å². The molecule has 0 aliphatic heterocycles. The zero-order chi connectivity index (χ0) is 43.0. The molecule has 0 bridgehead atoms. The van der Waals surface area contributed by atoms with Crippen LogP contribution in [0.1, 0.15) is 252 Å². The minimum absolute atomic E-state index is 0.0850. The van der Waals surface area contributed by atoms with Crippen LogP contribution in [-0.4, -0.2) is 37.2 Å². The topological polar surface area (TPSA) is 78.9 Å². The van der Waals surface area contributed by atoms with Crippen LogP contribution in [0.15, 0.2) is 48.6 Å². The minimum atomic E-state index is -0.785. The van der Waals surface area contributed by atoms with Gasteiger partial charge in [-0.1, -0.05) is 191 Å². The fraction of sp³-hybridized carbons (Fsp3) is 0.792. The van der Waals surface area contributed by atoms with Crippen molar-refractivity contribution in [2.24, 2.45) is 0 Å². The smallest absolute Gasteiger partial charge is 0.306 e. The first-order valence-corrected chi connectivity index (χ1v) is 25.2. The number of hydrogen-bond acceptors (Lipinski definition) is 6. The first kappa shape index (κ1) is 56.4. The van der Waals surface area contributed by atoms with Crippen LogP contribution in [0.3, 0.4) is 0 Å². The van der Waals surface area contributed by atoms with Gasteiger partial charge in [-0.15, -0.1) is 0 Å². The number of rotatable bonds is 45. The monoisotopic (exact) mass is 827 g/mol. The van der Waals surface area contributed by atoms with Gasteiger partial charge in [-0.25, -0.2) is 0 Å². The van der Waals surface area contributed by atoms with Gasteiger partial charge in [0.25, 0.3) is 0 Å². The molecule has 6 nitrogen and oxygen atoms in total. The van der Waals surface area contributed by atoms with Gasteiger partial charge < -0.3 is 14.2 Å². The predicted octanol–water partition coefficient (Wildman–Crippen LogP) is 16.3. The maximum atomic E-state index is 12.8. The Morgan fingerprint density at radius 1 is 0.339 bits per heavy atom. The molecule has 0 aliphatic carbocycles. The molecule has 0 rings (SSSR count). The van der Waals surface area contributed by atoms with E-state index >= 15 is 0 Å². The molecular formula is C53H94O6. The largest absolute Gasteiger partial charge is 0.462 e. The molecule has 0 aromatic carbocycles. The van der Waals surface area contributed by atoms with Crippen molar-refractivity contribution in [3.63, 3.8) is 0 Å². The van der Waals surface area contributed by atoms with E-state index < -0.39 is 6.10 Å². The summed E-state index contributed by atoms with van der Waals surface area (Å²) < 4.78 is 16.7. The van der Waals surface area contributed by atoms with Crippen LogP contribution in [-0.2, 0) is 28.6 Å². The number of esters is 3. The van der Waals surface area contributed by atoms with Crippen molar-refractivity contribution in [3.05, 3.63) is 48.6 Å². The first-order valence-electron chi connectivity index (χ1n) is 25.2. The van der Waals surface area contributed by atoms with E-state index in [9.17, 15) is 14.4 Å². The number of unbranched alkanes of at least 4 members (excludes halogenated alkanes) is 27. The molecule has 0 N–H and O–H groups in total. The van der Waals surface area contributed by atoms with Crippen molar-refractivity contribution >= 4 is 17.9 Å². The molecule has 1 unspecified atom stereocenters. The number of hydrogen-bond donors (Lipinski definition) is 0. The quantitative estimate of drug-likeness (QED) is 0.0200. The molecule has 0 radical (unpaired) electrons. The maximum Gasteiger partial charge on any atom is 0.306 e. The molecule has 0 aromatic rings. The van der Waals surface area contributed by atoms with Crippen LogP contribution in [0, 0.1) is 0 Å². The van der Waals surface area contributed by atoms with Crippen LogP contribution in [0.4, 0.5) is 0 Å². The number of carbonyl (C=O) groups is 3. The van der Waals surface area contributed by atoms with Crippen molar-refractivity contribution in [1.29, 1.82) is 0 Å². The summed E-state index contributed by atoms with van der Waals surface area (Å²) >= 11 is 0. The van der Waals surface area contributed by atoms with Crippen LogP contribution >= 0.6 is 0 Å². The number of allylic oxidation sites excluding steroid dienone is 8. The first-order chi connectivity index (χ1) is 29.0. The average molecular weight is 827 g/mol. The maximum absolute atomic E-state index is 12.8. The molecule has 6 heteroatoms. The summed E-state index contributed by atoms with van der Waals surface area (Å²) in [6.45, 7) is 6.53. The second kappa shape index (κ2) is 48.0. The fourth-order valence-corrected chi connectivity index (χ4v) is 6.94. The summed E-state index contributed by atoms with van der Waals surface area (Å²) in [5.74, 6) is -0.919. The molecule has 0 amide bonds. The van der Waals surface area contributed by atoms with E-state index in [1.54, 1.807) is 0 Å². The molecule has 1 atom stereocenters. The van der Waals surface area contributed by atoms with E-state index in [1.165, 1.54) is 141 Å². The van der Waals surface area contributed by atoms with E-state index in [1.807, 2.05) is 0 Å². The Hall–Kier alpha value is -2.63. The molecule has 0 heterocycles. The molecular weight excluding hydrogens is 733 g/mol. The highest BCUT2D eigenvalue weighted by Gasteiger charge is 2.19. The summed E-state index contributed by atoms with van der Waals surface area (Å²) in [7, 11) is 0. The van der Waals surface area contributed by atoms with Crippen LogP contribution in [0.2, 0.25) is 0 Å². The Labute approximate surface area is 365 Å². The van der Waals surface area contributed by atoms with Crippen molar-refractivity contribution < 1.29 is 28.6 Å². The van der Waals surface area contributed by atoms with Crippen LogP contribution < -0.4 is 0 Å². The van der Waals surface area contributed by atoms with E-state index in [0.29, 0.717) is 19.3 Å². The zero-order valence-electron chi connectivity index (χ0n) is 39.0. The van der Waals surface area contributed by atoms with E-state index in [2.05, 4.69) is 69.4 Å². The average Bonchev–Trinajstić information content (AvgIpc) is 3.23. The molecule has 59 heavy (non-hydrogen) atoms. The number of ether oxygens (including phenoxy) is 3. The summed E-state index contributed by atoms with van der Waals surface area (Å²) in [5, 5.41) is 0.